The van der Waals surface area contributed by atoms with Crippen molar-refractivity contribution in [2.75, 3.05) is 26.3 Å². The molecule has 7 nitrogen and oxygen atoms in total. The lowest BCUT2D eigenvalue weighted by Crippen LogP contribution is -2.36. The van der Waals surface area contributed by atoms with Crippen LogP contribution in [0.4, 0.5) is 0 Å². The minimum atomic E-state index is -0.608. The summed E-state index contributed by atoms with van der Waals surface area (Å²) >= 11 is 0. The second kappa shape index (κ2) is 8.87. The number of aromatic nitrogens is 1. The lowest BCUT2D eigenvalue weighted by Gasteiger charge is -2.21. The quantitative estimate of drug-likeness (QED) is 0.681. The second-order valence-corrected chi connectivity index (χ2v) is 6.70. The van der Waals surface area contributed by atoms with E-state index in [4.69, 9.17) is 9.47 Å². The van der Waals surface area contributed by atoms with Gasteiger partial charge in [-0.1, -0.05) is 6.92 Å². The molecule has 0 atom stereocenters. The van der Waals surface area contributed by atoms with Crippen molar-refractivity contribution in [1.29, 1.82) is 0 Å². The van der Waals surface area contributed by atoms with Gasteiger partial charge in [0.25, 0.3) is 5.91 Å². The number of hydrogen-bond acceptors (Lipinski definition) is 5. The summed E-state index contributed by atoms with van der Waals surface area (Å²) in [7, 11) is 0. The molecule has 26 heavy (non-hydrogen) atoms. The number of aryl methyl sites for hydroxylation is 1. The minimum Gasteiger partial charge on any atom is -0.461 e. The van der Waals surface area contributed by atoms with Crippen LogP contribution < -0.4 is 0 Å². The Hall–Kier alpha value is -2.31. The van der Waals surface area contributed by atoms with E-state index in [0.717, 1.165) is 25.8 Å². The Bertz CT molecular complexity index is 676. The number of carbonyl (C=O) groups excluding carboxylic acids is 3. The summed E-state index contributed by atoms with van der Waals surface area (Å²) in [5, 5.41) is 0. The summed E-state index contributed by atoms with van der Waals surface area (Å²) in [4.78, 5) is 41.4. The highest BCUT2D eigenvalue weighted by atomic mass is 16.5. The van der Waals surface area contributed by atoms with Gasteiger partial charge in [-0.05, 0) is 51.5 Å². The van der Waals surface area contributed by atoms with Crippen LogP contribution in [0.15, 0.2) is 0 Å². The molecule has 1 heterocycles. The molecule has 1 N–H and O–H groups in total. The van der Waals surface area contributed by atoms with Gasteiger partial charge < -0.3 is 19.4 Å². The maximum Gasteiger partial charge on any atom is 0.355 e. The first-order chi connectivity index (χ1) is 12.4. The Morgan fingerprint density at radius 2 is 1.81 bits per heavy atom. The smallest absolute Gasteiger partial charge is 0.355 e. The van der Waals surface area contributed by atoms with Crippen molar-refractivity contribution < 1.29 is 23.9 Å². The van der Waals surface area contributed by atoms with Gasteiger partial charge in [0.2, 0.25) is 0 Å². The highest BCUT2D eigenvalue weighted by Crippen LogP contribution is 2.29. The zero-order valence-electron chi connectivity index (χ0n) is 16.0. The van der Waals surface area contributed by atoms with Crippen LogP contribution >= 0.6 is 0 Å². The van der Waals surface area contributed by atoms with E-state index in [0.29, 0.717) is 23.7 Å². The van der Waals surface area contributed by atoms with E-state index < -0.39 is 11.9 Å². The molecule has 2 rings (SSSR count). The summed E-state index contributed by atoms with van der Waals surface area (Å²) in [6, 6.07) is 0. The standard InChI is InChI=1S/C19H28N2O5/c1-5-9-21(10-14-7-8-14)15(22)11-26-18(23)16-12(3)17(20-13(16)4)19(24)25-6-2/h14,20H,5-11H2,1-4H3. The third kappa shape index (κ3) is 4.86. The van der Waals surface area contributed by atoms with Crippen molar-refractivity contribution in [2.24, 2.45) is 5.92 Å². The van der Waals surface area contributed by atoms with E-state index in [1.54, 1.807) is 25.7 Å². The first-order valence-electron chi connectivity index (χ1n) is 9.20. The Morgan fingerprint density at radius 3 is 2.38 bits per heavy atom. The maximum atomic E-state index is 12.4. The lowest BCUT2D eigenvalue weighted by atomic mass is 10.1. The molecule has 1 aliphatic carbocycles. The van der Waals surface area contributed by atoms with Crippen LogP contribution in [0.1, 0.15) is 65.2 Å². The van der Waals surface area contributed by atoms with Gasteiger partial charge in [-0.15, -0.1) is 0 Å². The molecule has 0 radical (unpaired) electrons. The second-order valence-electron chi connectivity index (χ2n) is 6.70. The summed E-state index contributed by atoms with van der Waals surface area (Å²) in [6.45, 7) is 8.44. The molecular weight excluding hydrogens is 336 g/mol. The van der Waals surface area contributed by atoms with Crippen LogP contribution in [0.5, 0.6) is 0 Å². The lowest BCUT2D eigenvalue weighted by molar-refractivity contribution is -0.134. The number of H-pyrrole nitrogens is 1. The summed E-state index contributed by atoms with van der Waals surface area (Å²) in [6.07, 6.45) is 3.18. The zero-order valence-corrected chi connectivity index (χ0v) is 16.0. The number of esters is 2. The first kappa shape index (κ1) is 20.0. The fourth-order valence-electron chi connectivity index (χ4n) is 2.95. The molecule has 1 amide bonds. The number of aromatic amines is 1. The molecule has 0 bridgehead atoms. The molecule has 1 aromatic heterocycles. The summed E-state index contributed by atoms with van der Waals surface area (Å²) in [5.74, 6) is -0.712. The molecule has 144 valence electrons. The van der Waals surface area contributed by atoms with Gasteiger partial charge in [-0.2, -0.15) is 0 Å². The van der Waals surface area contributed by atoms with Gasteiger partial charge in [0.1, 0.15) is 5.69 Å². The highest BCUT2D eigenvalue weighted by Gasteiger charge is 2.28. The van der Waals surface area contributed by atoms with E-state index in [1.807, 2.05) is 6.92 Å². The predicted molar refractivity (Wildman–Crippen MR) is 96.1 cm³/mol. The third-order valence-electron chi connectivity index (χ3n) is 4.47. The number of nitrogens with one attached hydrogen (secondary N) is 1. The fourth-order valence-corrected chi connectivity index (χ4v) is 2.95. The number of ether oxygens (including phenoxy) is 2. The van der Waals surface area contributed by atoms with E-state index in [1.165, 1.54) is 0 Å². The molecule has 0 unspecified atom stereocenters. The van der Waals surface area contributed by atoms with Gasteiger partial charge in [0.05, 0.1) is 12.2 Å². The number of carbonyl (C=O) groups is 3. The van der Waals surface area contributed by atoms with Crippen molar-refractivity contribution in [3.05, 3.63) is 22.5 Å². The average molecular weight is 364 g/mol. The maximum absolute atomic E-state index is 12.4. The van der Waals surface area contributed by atoms with Gasteiger partial charge in [-0.25, -0.2) is 9.59 Å². The molecule has 0 spiro atoms. The van der Waals surface area contributed by atoms with Crippen molar-refractivity contribution >= 4 is 17.8 Å². The minimum absolute atomic E-state index is 0.177. The molecular formula is C19H28N2O5. The SMILES string of the molecule is CCCN(CC1CC1)C(=O)COC(=O)c1c(C)[nH]c(C(=O)OCC)c1C. The van der Waals surface area contributed by atoms with E-state index in [-0.39, 0.29) is 30.4 Å². The monoisotopic (exact) mass is 364 g/mol. The number of nitrogens with zero attached hydrogens (tertiary/aromatic N) is 1. The summed E-state index contributed by atoms with van der Waals surface area (Å²) in [5.41, 5.74) is 1.52. The molecule has 1 saturated carbocycles. The van der Waals surface area contributed by atoms with Gasteiger partial charge >= 0.3 is 11.9 Å². The van der Waals surface area contributed by atoms with Crippen molar-refractivity contribution in [2.45, 2.75) is 47.0 Å². The molecule has 1 fully saturated rings. The van der Waals surface area contributed by atoms with Gasteiger partial charge in [0, 0.05) is 18.8 Å². The average Bonchev–Trinajstić information content (AvgIpc) is 3.36. The van der Waals surface area contributed by atoms with Crippen molar-refractivity contribution in [1.82, 2.24) is 9.88 Å². The Labute approximate surface area is 154 Å². The van der Waals surface area contributed by atoms with Crippen LogP contribution in [-0.4, -0.2) is 54.0 Å². The van der Waals surface area contributed by atoms with Gasteiger partial charge in [-0.3, -0.25) is 4.79 Å². The Kier molecular flexibility index (Phi) is 6.83. The third-order valence-corrected chi connectivity index (χ3v) is 4.47. The molecule has 7 heteroatoms. The summed E-state index contributed by atoms with van der Waals surface area (Å²) < 4.78 is 10.2. The molecule has 0 aromatic carbocycles. The Balaban J connectivity index is 2.00. The first-order valence-corrected chi connectivity index (χ1v) is 9.20. The van der Waals surface area contributed by atoms with Crippen LogP contribution in [0.25, 0.3) is 0 Å². The van der Waals surface area contributed by atoms with E-state index in [9.17, 15) is 14.4 Å². The zero-order chi connectivity index (χ0) is 19.3. The van der Waals surface area contributed by atoms with Gasteiger partial charge in [0.15, 0.2) is 6.61 Å². The number of rotatable bonds is 9. The number of amides is 1. The molecule has 1 aliphatic rings. The molecule has 0 aliphatic heterocycles. The topological polar surface area (TPSA) is 88.7 Å². The fraction of sp³-hybridized carbons (Fsp3) is 0.632. The van der Waals surface area contributed by atoms with Crippen LogP contribution in [0.2, 0.25) is 0 Å². The van der Waals surface area contributed by atoms with Crippen LogP contribution in [0, 0.1) is 19.8 Å². The van der Waals surface area contributed by atoms with Crippen LogP contribution in [0.3, 0.4) is 0 Å². The highest BCUT2D eigenvalue weighted by molar-refractivity contribution is 5.99. The molecule has 0 saturated heterocycles. The van der Waals surface area contributed by atoms with Crippen molar-refractivity contribution in [3.63, 3.8) is 0 Å². The molecule has 1 aromatic rings. The van der Waals surface area contributed by atoms with E-state index in [2.05, 4.69) is 4.98 Å². The van der Waals surface area contributed by atoms with Crippen molar-refractivity contribution in [3.8, 4) is 0 Å². The van der Waals surface area contributed by atoms with Crippen LogP contribution in [-0.2, 0) is 14.3 Å². The largest absolute Gasteiger partial charge is 0.461 e. The Morgan fingerprint density at radius 1 is 1.12 bits per heavy atom. The normalized spacial score (nSPS) is 13.4. The predicted octanol–water partition coefficient (Wildman–Crippen LogP) is 2.61. The number of hydrogen-bond donors (Lipinski definition) is 1. The van der Waals surface area contributed by atoms with E-state index >= 15 is 0 Å².